The van der Waals surface area contributed by atoms with Crippen LogP contribution in [0.3, 0.4) is 0 Å². The van der Waals surface area contributed by atoms with Crippen molar-refractivity contribution in [2.45, 2.75) is 6.10 Å². The first-order valence-electron chi connectivity index (χ1n) is 8.03. The first-order valence-corrected chi connectivity index (χ1v) is 8.03. The van der Waals surface area contributed by atoms with Gasteiger partial charge in [0.1, 0.15) is 0 Å². The smallest absolute Gasteiger partial charge is 0.339 e. The number of esters is 1. The number of hydrogen-bond acceptors (Lipinski definition) is 3. The first kappa shape index (κ1) is 16.7. The lowest BCUT2D eigenvalue weighted by Crippen LogP contribution is -2.31. The molecule has 0 unspecified atom stereocenters. The number of rotatable bonds is 4. The Bertz CT molecular complexity index is 898. The fraction of sp³-hybridized carbons (Fsp3) is 0.143. The highest BCUT2D eigenvalue weighted by Gasteiger charge is 2.27. The number of hydrogen-bond donors (Lipinski definition) is 0. The zero-order chi connectivity index (χ0) is 17.8. The molecule has 3 aromatic rings. The van der Waals surface area contributed by atoms with Gasteiger partial charge in [-0.3, -0.25) is 4.79 Å². The zero-order valence-corrected chi connectivity index (χ0v) is 14.2. The van der Waals surface area contributed by atoms with Crippen LogP contribution in [-0.2, 0) is 9.53 Å². The summed E-state index contributed by atoms with van der Waals surface area (Å²) in [6.45, 7) is 0. The number of carbonyl (C=O) groups is 2. The highest BCUT2D eigenvalue weighted by molar-refractivity contribution is 6.05. The second-order valence-electron chi connectivity index (χ2n) is 5.96. The van der Waals surface area contributed by atoms with Crippen molar-refractivity contribution >= 4 is 22.6 Å². The van der Waals surface area contributed by atoms with Crippen LogP contribution in [-0.4, -0.2) is 30.9 Å². The van der Waals surface area contributed by atoms with E-state index in [0.29, 0.717) is 11.1 Å². The Labute approximate surface area is 146 Å². The molecule has 0 saturated carbocycles. The van der Waals surface area contributed by atoms with E-state index in [2.05, 4.69) is 0 Å². The van der Waals surface area contributed by atoms with Gasteiger partial charge >= 0.3 is 5.97 Å². The van der Waals surface area contributed by atoms with Crippen molar-refractivity contribution in [3.05, 3.63) is 83.9 Å². The topological polar surface area (TPSA) is 46.6 Å². The molecule has 0 aliphatic rings. The normalized spacial score (nSPS) is 11.8. The maximum absolute atomic E-state index is 12.8. The van der Waals surface area contributed by atoms with Crippen LogP contribution in [0, 0.1) is 0 Å². The van der Waals surface area contributed by atoms with E-state index in [9.17, 15) is 9.59 Å². The summed E-state index contributed by atoms with van der Waals surface area (Å²) in [5.41, 5.74) is 1.10. The summed E-state index contributed by atoms with van der Waals surface area (Å²) >= 11 is 0. The third kappa shape index (κ3) is 3.53. The lowest BCUT2D eigenvalue weighted by molar-refractivity contribution is -0.138. The summed E-state index contributed by atoms with van der Waals surface area (Å²) in [5.74, 6) is -0.791. The summed E-state index contributed by atoms with van der Waals surface area (Å²) in [7, 11) is 3.29. The van der Waals surface area contributed by atoms with Gasteiger partial charge in [-0.05, 0) is 16.8 Å². The van der Waals surface area contributed by atoms with Crippen molar-refractivity contribution in [2.24, 2.45) is 0 Å². The molecule has 1 atom stereocenters. The van der Waals surface area contributed by atoms with Crippen molar-refractivity contribution < 1.29 is 14.3 Å². The molecule has 0 aromatic heterocycles. The van der Waals surface area contributed by atoms with E-state index in [1.807, 2.05) is 54.6 Å². The van der Waals surface area contributed by atoms with Crippen molar-refractivity contribution in [1.82, 2.24) is 4.90 Å². The Morgan fingerprint density at radius 1 is 0.840 bits per heavy atom. The minimum Gasteiger partial charge on any atom is -0.444 e. The van der Waals surface area contributed by atoms with Gasteiger partial charge in [0.25, 0.3) is 5.91 Å². The van der Waals surface area contributed by atoms with Crippen LogP contribution < -0.4 is 0 Å². The standard InChI is InChI=1S/C21H19NO3/c1-22(2)20(23)19(16-10-4-3-5-11-16)25-21(24)18-14-8-12-15-9-6-7-13-17(15)18/h3-14,19H,1-2H3/t19-/m0/s1. The molecule has 0 spiro atoms. The number of fused-ring (bicyclic) bond motifs is 1. The Morgan fingerprint density at radius 3 is 2.20 bits per heavy atom. The fourth-order valence-electron chi connectivity index (χ4n) is 2.70. The largest absolute Gasteiger partial charge is 0.444 e. The van der Waals surface area contributed by atoms with E-state index in [1.165, 1.54) is 4.90 Å². The number of benzene rings is 3. The van der Waals surface area contributed by atoms with E-state index in [4.69, 9.17) is 4.74 Å². The van der Waals surface area contributed by atoms with Gasteiger partial charge in [-0.15, -0.1) is 0 Å². The molecule has 0 aliphatic heterocycles. The monoisotopic (exact) mass is 333 g/mol. The van der Waals surface area contributed by atoms with Gasteiger partial charge in [0.05, 0.1) is 5.56 Å². The van der Waals surface area contributed by atoms with Crippen LogP contribution >= 0.6 is 0 Å². The predicted molar refractivity (Wildman–Crippen MR) is 97.2 cm³/mol. The van der Waals surface area contributed by atoms with Gasteiger partial charge in [-0.1, -0.05) is 66.7 Å². The van der Waals surface area contributed by atoms with Gasteiger partial charge in [-0.2, -0.15) is 0 Å². The lowest BCUT2D eigenvalue weighted by Gasteiger charge is -2.21. The van der Waals surface area contributed by atoms with E-state index in [0.717, 1.165) is 10.8 Å². The summed E-state index contributed by atoms with van der Waals surface area (Å²) in [6, 6.07) is 22.1. The molecular formula is C21H19NO3. The Balaban J connectivity index is 1.96. The van der Waals surface area contributed by atoms with E-state index in [-0.39, 0.29) is 5.91 Å². The molecule has 3 aromatic carbocycles. The molecule has 0 fully saturated rings. The molecule has 126 valence electrons. The molecule has 0 radical (unpaired) electrons. The van der Waals surface area contributed by atoms with Crippen LogP contribution in [0.25, 0.3) is 10.8 Å². The molecule has 3 rings (SSSR count). The van der Waals surface area contributed by atoms with E-state index >= 15 is 0 Å². The van der Waals surface area contributed by atoms with Crippen molar-refractivity contribution in [3.8, 4) is 0 Å². The molecule has 0 bridgehead atoms. The molecule has 0 heterocycles. The van der Waals surface area contributed by atoms with Crippen LogP contribution in [0.15, 0.2) is 72.8 Å². The third-order valence-corrected chi connectivity index (χ3v) is 4.00. The number of carbonyl (C=O) groups excluding carboxylic acids is 2. The summed E-state index contributed by atoms with van der Waals surface area (Å²) in [6.07, 6.45) is -0.970. The predicted octanol–water partition coefficient (Wildman–Crippen LogP) is 3.83. The second-order valence-corrected chi connectivity index (χ2v) is 5.96. The summed E-state index contributed by atoms with van der Waals surface area (Å²) in [4.78, 5) is 26.7. The number of amides is 1. The lowest BCUT2D eigenvalue weighted by atomic mass is 10.0. The maximum atomic E-state index is 12.8. The van der Waals surface area contributed by atoms with Gasteiger partial charge in [0.15, 0.2) is 0 Å². The van der Waals surface area contributed by atoms with Gasteiger partial charge < -0.3 is 9.64 Å². The summed E-state index contributed by atoms with van der Waals surface area (Å²) < 4.78 is 5.62. The molecule has 0 aliphatic carbocycles. The second kappa shape index (κ2) is 7.18. The number of ether oxygens (including phenoxy) is 1. The van der Waals surface area contributed by atoms with E-state index in [1.54, 1.807) is 32.3 Å². The van der Waals surface area contributed by atoms with Gasteiger partial charge in [0.2, 0.25) is 6.10 Å². The molecule has 0 N–H and O–H groups in total. The third-order valence-electron chi connectivity index (χ3n) is 4.00. The SMILES string of the molecule is CN(C)C(=O)[C@@H](OC(=O)c1cccc2ccccc12)c1ccccc1. The average molecular weight is 333 g/mol. The molecule has 4 nitrogen and oxygen atoms in total. The summed E-state index contributed by atoms with van der Waals surface area (Å²) in [5, 5.41) is 1.76. The fourth-order valence-corrected chi connectivity index (χ4v) is 2.70. The van der Waals surface area contributed by atoms with Crippen molar-refractivity contribution in [3.63, 3.8) is 0 Å². The molecular weight excluding hydrogens is 314 g/mol. The van der Waals surface area contributed by atoms with Crippen LogP contribution in [0.1, 0.15) is 22.0 Å². The highest BCUT2D eigenvalue weighted by atomic mass is 16.5. The highest BCUT2D eigenvalue weighted by Crippen LogP contribution is 2.24. The minimum absolute atomic E-state index is 0.278. The molecule has 25 heavy (non-hydrogen) atoms. The molecule has 0 saturated heterocycles. The number of nitrogens with zero attached hydrogens (tertiary/aromatic N) is 1. The zero-order valence-electron chi connectivity index (χ0n) is 14.2. The van der Waals surface area contributed by atoms with Crippen LogP contribution in [0.4, 0.5) is 0 Å². The van der Waals surface area contributed by atoms with Gasteiger partial charge in [-0.25, -0.2) is 4.79 Å². The van der Waals surface area contributed by atoms with Crippen LogP contribution in [0.5, 0.6) is 0 Å². The Kier molecular flexibility index (Phi) is 4.80. The average Bonchev–Trinajstić information content (AvgIpc) is 2.65. The maximum Gasteiger partial charge on any atom is 0.339 e. The Hall–Kier alpha value is -3.14. The molecule has 4 heteroatoms. The van der Waals surface area contributed by atoms with Crippen molar-refractivity contribution in [2.75, 3.05) is 14.1 Å². The Morgan fingerprint density at radius 2 is 1.48 bits per heavy atom. The van der Waals surface area contributed by atoms with Crippen molar-refractivity contribution in [1.29, 1.82) is 0 Å². The minimum atomic E-state index is -0.970. The van der Waals surface area contributed by atoms with E-state index < -0.39 is 12.1 Å². The van der Waals surface area contributed by atoms with Gasteiger partial charge in [0, 0.05) is 19.7 Å². The van der Waals surface area contributed by atoms with Crippen LogP contribution in [0.2, 0.25) is 0 Å². The quantitative estimate of drug-likeness (QED) is 0.682. The molecule has 1 amide bonds. The number of likely N-dealkylation sites (N-methyl/N-ethyl adjacent to an activating group) is 1. The first-order chi connectivity index (χ1) is 12.1.